The zero-order valence-corrected chi connectivity index (χ0v) is 16.0. The van der Waals surface area contributed by atoms with Crippen LogP contribution in [0.4, 0.5) is 10.5 Å². The lowest BCUT2D eigenvalue weighted by molar-refractivity contribution is 0.198. The number of methoxy groups -OCH3 is 2. The van der Waals surface area contributed by atoms with Gasteiger partial charge in [0.05, 0.1) is 14.2 Å². The molecule has 0 aliphatic carbocycles. The average Bonchev–Trinajstić information content (AvgIpc) is 2.73. The fraction of sp³-hybridized carbons (Fsp3) is 0.250. The Hall–Kier alpha value is -3.55. The number of nitrogens with two attached hydrogens (primary N) is 1. The van der Waals surface area contributed by atoms with Crippen molar-refractivity contribution in [2.24, 2.45) is 0 Å². The van der Waals surface area contributed by atoms with Crippen LogP contribution in [0.15, 0.2) is 36.4 Å². The van der Waals surface area contributed by atoms with Crippen molar-refractivity contribution in [1.29, 1.82) is 0 Å². The molecule has 146 valence electrons. The Labute approximate surface area is 162 Å². The molecular weight excluding hydrogens is 360 g/mol. The van der Waals surface area contributed by atoms with Crippen LogP contribution in [0.2, 0.25) is 0 Å². The van der Waals surface area contributed by atoms with Crippen LogP contribution in [0.25, 0.3) is 22.0 Å². The SMILES string of the molecule is CCCNC(=O)Oc1nnc2c(-c3cc(OC)ccc3OC)cccc2c1N. The number of ether oxygens (including phenoxy) is 3. The van der Waals surface area contributed by atoms with Crippen molar-refractivity contribution in [3.8, 4) is 28.5 Å². The number of carbonyl (C=O) groups excluding carboxylic acids is 1. The molecule has 8 nitrogen and oxygen atoms in total. The Morgan fingerprint density at radius 3 is 2.64 bits per heavy atom. The van der Waals surface area contributed by atoms with Gasteiger partial charge in [-0.3, -0.25) is 0 Å². The number of nitrogens with zero attached hydrogens (tertiary/aromatic N) is 2. The second kappa shape index (κ2) is 8.43. The van der Waals surface area contributed by atoms with Crippen molar-refractivity contribution in [1.82, 2.24) is 15.5 Å². The fourth-order valence-electron chi connectivity index (χ4n) is 2.80. The molecule has 1 aromatic heterocycles. The van der Waals surface area contributed by atoms with Crippen LogP contribution in [0, 0.1) is 0 Å². The highest BCUT2D eigenvalue weighted by Crippen LogP contribution is 2.38. The molecule has 0 radical (unpaired) electrons. The number of aromatic nitrogens is 2. The first kappa shape index (κ1) is 19.2. The van der Waals surface area contributed by atoms with Crippen molar-refractivity contribution in [3.05, 3.63) is 36.4 Å². The molecule has 0 fully saturated rings. The van der Waals surface area contributed by atoms with Crippen LogP contribution < -0.4 is 25.3 Å². The van der Waals surface area contributed by atoms with Crippen LogP contribution in [0.5, 0.6) is 17.4 Å². The van der Waals surface area contributed by atoms with Crippen LogP contribution >= 0.6 is 0 Å². The molecule has 0 aliphatic heterocycles. The maximum absolute atomic E-state index is 11.8. The minimum atomic E-state index is -0.618. The molecule has 3 aromatic rings. The zero-order chi connectivity index (χ0) is 20.1. The molecule has 1 heterocycles. The van der Waals surface area contributed by atoms with Gasteiger partial charge in [0.2, 0.25) is 0 Å². The van der Waals surface area contributed by atoms with Gasteiger partial charge in [-0.25, -0.2) is 4.79 Å². The Bertz CT molecular complexity index is 1010. The zero-order valence-electron chi connectivity index (χ0n) is 16.0. The highest BCUT2D eigenvalue weighted by molar-refractivity contribution is 6.02. The van der Waals surface area contributed by atoms with Gasteiger partial charge < -0.3 is 25.3 Å². The fourth-order valence-corrected chi connectivity index (χ4v) is 2.80. The van der Waals surface area contributed by atoms with Gasteiger partial charge in [0.1, 0.15) is 22.7 Å². The van der Waals surface area contributed by atoms with Crippen molar-refractivity contribution in [2.45, 2.75) is 13.3 Å². The number of hydrogen-bond donors (Lipinski definition) is 2. The number of hydrogen-bond acceptors (Lipinski definition) is 7. The predicted molar refractivity (Wildman–Crippen MR) is 107 cm³/mol. The number of nitrogen functional groups attached to an aromatic ring is 1. The molecule has 0 saturated heterocycles. The van der Waals surface area contributed by atoms with E-state index in [4.69, 9.17) is 19.9 Å². The Morgan fingerprint density at radius 2 is 1.93 bits per heavy atom. The molecule has 0 aliphatic rings. The molecule has 28 heavy (non-hydrogen) atoms. The van der Waals surface area contributed by atoms with Crippen LogP contribution in [-0.4, -0.2) is 37.1 Å². The van der Waals surface area contributed by atoms with Gasteiger partial charge >= 0.3 is 6.09 Å². The lowest BCUT2D eigenvalue weighted by atomic mass is 10.0. The smallest absolute Gasteiger partial charge is 0.414 e. The summed E-state index contributed by atoms with van der Waals surface area (Å²) in [6, 6.07) is 11.0. The van der Waals surface area contributed by atoms with E-state index in [2.05, 4.69) is 15.5 Å². The third-order valence-corrected chi connectivity index (χ3v) is 4.20. The minimum absolute atomic E-state index is 0.0316. The quantitative estimate of drug-likeness (QED) is 0.672. The number of carbonyl (C=O) groups is 1. The summed E-state index contributed by atoms with van der Waals surface area (Å²) in [7, 11) is 3.19. The summed E-state index contributed by atoms with van der Waals surface area (Å²) in [5.74, 6) is 1.31. The molecule has 0 unspecified atom stereocenters. The van der Waals surface area contributed by atoms with Gasteiger partial charge in [0.15, 0.2) is 0 Å². The Balaban J connectivity index is 2.08. The summed E-state index contributed by atoms with van der Waals surface area (Å²) in [5.41, 5.74) is 8.57. The lowest BCUT2D eigenvalue weighted by Gasteiger charge is -2.13. The van der Waals surface area contributed by atoms with Gasteiger partial charge in [-0.2, -0.15) is 0 Å². The van der Waals surface area contributed by atoms with Gasteiger partial charge in [0, 0.05) is 23.1 Å². The van der Waals surface area contributed by atoms with E-state index in [9.17, 15) is 4.79 Å². The first-order valence-electron chi connectivity index (χ1n) is 8.82. The molecule has 8 heteroatoms. The summed E-state index contributed by atoms with van der Waals surface area (Å²) >= 11 is 0. The van der Waals surface area contributed by atoms with E-state index in [1.54, 1.807) is 20.3 Å². The number of benzene rings is 2. The molecule has 3 N–H and O–H groups in total. The summed E-state index contributed by atoms with van der Waals surface area (Å²) in [4.78, 5) is 11.8. The molecule has 0 spiro atoms. The molecule has 0 atom stereocenters. The van der Waals surface area contributed by atoms with Gasteiger partial charge in [-0.15, -0.1) is 10.2 Å². The molecule has 3 rings (SSSR count). The highest BCUT2D eigenvalue weighted by Gasteiger charge is 2.17. The van der Waals surface area contributed by atoms with Crippen molar-refractivity contribution < 1.29 is 19.0 Å². The largest absolute Gasteiger partial charge is 0.497 e. The van der Waals surface area contributed by atoms with E-state index in [0.717, 1.165) is 17.5 Å². The van der Waals surface area contributed by atoms with E-state index in [1.807, 2.05) is 37.3 Å². The van der Waals surface area contributed by atoms with Gasteiger partial charge in [-0.05, 0) is 24.6 Å². The molecule has 0 saturated carbocycles. The number of nitrogens with one attached hydrogen (secondary N) is 1. The summed E-state index contributed by atoms with van der Waals surface area (Å²) in [6.45, 7) is 2.44. The number of fused-ring (bicyclic) bond motifs is 1. The van der Waals surface area contributed by atoms with E-state index >= 15 is 0 Å². The third-order valence-electron chi connectivity index (χ3n) is 4.20. The molecular formula is C20H22N4O4. The monoisotopic (exact) mass is 382 g/mol. The number of amides is 1. The predicted octanol–water partition coefficient (Wildman–Crippen LogP) is 3.39. The summed E-state index contributed by atoms with van der Waals surface area (Å²) in [5, 5.41) is 11.5. The van der Waals surface area contributed by atoms with Gasteiger partial charge in [0.25, 0.3) is 5.88 Å². The Kier molecular flexibility index (Phi) is 5.78. The number of rotatable bonds is 6. The van der Waals surface area contributed by atoms with E-state index in [-0.39, 0.29) is 11.6 Å². The second-order valence-electron chi connectivity index (χ2n) is 6.00. The first-order valence-corrected chi connectivity index (χ1v) is 8.82. The van der Waals surface area contributed by atoms with Crippen LogP contribution in [-0.2, 0) is 0 Å². The standard InChI is InChI=1S/C20H22N4O4/c1-4-10-22-20(25)28-19-17(21)14-7-5-6-13(18(14)23-24-19)15-11-12(26-2)8-9-16(15)27-3/h5-9,11H,4,10H2,1-3H3,(H2,21,23)(H,22,25). The minimum Gasteiger partial charge on any atom is -0.497 e. The Morgan fingerprint density at radius 1 is 1.11 bits per heavy atom. The van der Waals surface area contributed by atoms with Crippen LogP contribution in [0.1, 0.15) is 13.3 Å². The van der Waals surface area contributed by atoms with E-state index in [1.165, 1.54) is 0 Å². The highest BCUT2D eigenvalue weighted by atomic mass is 16.6. The van der Waals surface area contributed by atoms with Crippen molar-refractivity contribution in [2.75, 3.05) is 26.5 Å². The molecule has 0 bridgehead atoms. The summed E-state index contributed by atoms with van der Waals surface area (Å²) in [6.07, 6.45) is 0.174. The average molecular weight is 382 g/mol. The van der Waals surface area contributed by atoms with Crippen LogP contribution in [0.3, 0.4) is 0 Å². The second-order valence-corrected chi connectivity index (χ2v) is 6.00. The van der Waals surface area contributed by atoms with Crippen molar-refractivity contribution in [3.63, 3.8) is 0 Å². The first-order chi connectivity index (χ1) is 13.6. The third kappa shape index (κ3) is 3.75. The lowest BCUT2D eigenvalue weighted by Crippen LogP contribution is -2.28. The normalized spacial score (nSPS) is 10.5. The topological polar surface area (TPSA) is 109 Å². The maximum atomic E-state index is 11.8. The van der Waals surface area contributed by atoms with E-state index in [0.29, 0.717) is 28.9 Å². The summed E-state index contributed by atoms with van der Waals surface area (Å²) < 4.78 is 16.0. The molecule has 1 amide bonds. The maximum Gasteiger partial charge on any atom is 0.414 e. The molecule has 2 aromatic carbocycles. The van der Waals surface area contributed by atoms with Gasteiger partial charge in [-0.1, -0.05) is 25.1 Å². The van der Waals surface area contributed by atoms with E-state index < -0.39 is 6.09 Å². The number of anilines is 1. The van der Waals surface area contributed by atoms with Crippen molar-refractivity contribution >= 4 is 22.7 Å².